The zero-order valence-corrected chi connectivity index (χ0v) is 17.4. The number of aliphatic imine (C=N–C) groups is 1. The molecule has 0 fully saturated rings. The summed E-state index contributed by atoms with van der Waals surface area (Å²) in [6, 6.07) is 15.0. The summed E-state index contributed by atoms with van der Waals surface area (Å²) in [6.07, 6.45) is 3.09. The first-order valence-corrected chi connectivity index (χ1v) is 8.83. The van der Waals surface area contributed by atoms with Crippen LogP contribution in [-0.2, 0) is 0 Å². The third kappa shape index (κ3) is 5.32. The standard InChI is InChI=1S/C21H24N2O3.BrH/c1-25-18-10-6-16(7-11-18)20(24)15-23(21-5-3-4-14-22-21)17-8-12-19(26-2)13-9-17;/h6-13H,3-5,14-15H2,1-2H3;1H. The van der Waals surface area contributed by atoms with Gasteiger partial charge < -0.3 is 14.4 Å². The van der Waals surface area contributed by atoms with Crippen molar-refractivity contribution in [3.8, 4) is 11.5 Å². The van der Waals surface area contributed by atoms with E-state index in [1.54, 1.807) is 26.4 Å². The molecule has 0 amide bonds. The van der Waals surface area contributed by atoms with Crippen LogP contribution in [0.4, 0.5) is 5.69 Å². The minimum Gasteiger partial charge on any atom is -0.497 e. The Balaban J connectivity index is 0.00000261. The van der Waals surface area contributed by atoms with E-state index in [9.17, 15) is 4.79 Å². The lowest BCUT2D eigenvalue weighted by molar-refractivity contribution is 0.100. The van der Waals surface area contributed by atoms with E-state index >= 15 is 0 Å². The van der Waals surface area contributed by atoms with Crippen molar-refractivity contribution in [1.29, 1.82) is 0 Å². The molecular weight excluding hydrogens is 408 g/mol. The number of carbonyl (C=O) groups is 1. The smallest absolute Gasteiger partial charge is 0.182 e. The minimum atomic E-state index is 0. The van der Waals surface area contributed by atoms with Gasteiger partial charge in [0.25, 0.3) is 0 Å². The number of hydrogen-bond donors (Lipinski definition) is 0. The van der Waals surface area contributed by atoms with Gasteiger partial charge in [0.1, 0.15) is 17.3 Å². The summed E-state index contributed by atoms with van der Waals surface area (Å²) in [5.41, 5.74) is 1.62. The lowest BCUT2D eigenvalue weighted by atomic mass is 10.1. The van der Waals surface area contributed by atoms with E-state index in [-0.39, 0.29) is 29.3 Å². The average molecular weight is 433 g/mol. The van der Waals surface area contributed by atoms with Crippen molar-refractivity contribution in [2.75, 3.05) is 32.2 Å². The van der Waals surface area contributed by atoms with E-state index in [1.165, 1.54) is 0 Å². The van der Waals surface area contributed by atoms with Crippen molar-refractivity contribution >= 4 is 34.3 Å². The Morgan fingerprint density at radius 3 is 2.07 bits per heavy atom. The van der Waals surface area contributed by atoms with Gasteiger partial charge in [-0.25, -0.2) is 0 Å². The number of Topliss-reactive ketones (excluding diaryl/α,β-unsaturated/α-hetero) is 1. The lowest BCUT2D eigenvalue weighted by Crippen LogP contribution is -2.37. The molecule has 0 bridgehead atoms. The number of rotatable bonds is 6. The monoisotopic (exact) mass is 432 g/mol. The fourth-order valence-corrected chi connectivity index (χ4v) is 3.01. The average Bonchev–Trinajstić information content (AvgIpc) is 2.72. The molecule has 1 aliphatic rings. The quantitative estimate of drug-likeness (QED) is 0.628. The Morgan fingerprint density at radius 2 is 1.56 bits per heavy atom. The van der Waals surface area contributed by atoms with Gasteiger partial charge in [-0.05, 0) is 61.4 Å². The second-order valence-electron chi connectivity index (χ2n) is 6.19. The van der Waals surface area contributed by atoms with Crippen LogP contribution in [0.3, 0.4) is 0 Å². The molecule has 27 heavy (non-hydrogen) atoms. The first-order valence-electron chi connectivity index (χ1n) is 8.83. The van der Waals surface area contributed by atoms with Gasteiger partial charge in [-0.15, -0.1) is 17.0 Å². The Morgan fingerprint density at radius 1 is 0.963 bits per heavy atom. The SMILES string of the molecule is Br.COc1ccc(C(=O)CN(C2=NCCCC2)c2ccc(OC)cc2)cc1. The molecule has 0 aromatic heterocycles. The summed E-state index contributed by atoms with van der Waals surface area (Å²) in [5, 5.41) is 0. The first-order chi connectivity index (χ1) is 12.7. The predicted octanol–water partition coefficient (Wildman–Crippen LogP) is 4.55. The molecule has 0 saturated heterocycles. The summed E-state index contributed by atoms with van der Waals surface area (Å²) in [5.74, 6) is 2.56. The number of methoxy groups -OCH3 is 2. The maximum Gasteiger partial charge on any atom is 0.182 e. The lowest BCUT2D eigenvalue weighted by Gasteiger charge is -2.28. The Kier molecular flexibility index (Phi) is 7.85. The number of ether oxygens (including phenoxy) is 2. The normalized spacial score (nSPS) is 13.2. The van der Waals surface area contributed by atoms with Gasteiger partial charge in [0.05, 0.1) is 20.8 Å². The summed E-state index contributed by atoms with van der Waals surface area (Å²) < 4.78 is 10.4. The molecule has 1 heterocycles. The van der Waals surface area contributed by atoms with Gasteiger partial charge in [0.15, 0.2) is 5.78 Å². The van der Waals surface area contributed by atoms with Gasteiger partial charge >= 0.3 is 0 Å². The van der Waals surface area contributed by atoms with Crippen LogP contribution in [-0.4, -0.2) is 38.9 Å². The largest absolute Gasteiger partial charge is 0.497 e. The molecule has 0 radical (unpaired) electrons. The Labute approximate surface area is 170 Å². The molecule has 1 aliphatic heterocycles. The highest BCUT2D eigenvalue weighted by atomic mass is 79.9. The van der Waals surface area contributed by atoms with E-state index in [2.05, 4.69) is 4.99 Å². The predicted molar refractivity (Wildman–Crippen MR) is 114 cm³/mol. The molecule has 144 valence electrons. The van der Waals surface area contributed by atoms with Gasteiger partial charge in [0.2, 0.25) is 0 Å². The molecule has 3 rings (SSSR count). The minimum absolute atomic E-state index is 0. The number of nitrogens with zero attached hydrogens (tertiary/aromatic N) is 2. The molecule has 2 aromatic rings. The first kappa shape index (κ1) is 21.0. The second-order valence-corrected chi connectivity index (χ2v) is 6.19. The van der Waals surface area contributed by atoms with Crippen molar-refractivity contribution < 1.29 is 14.3 Å². The van der Waals surface area contributed by atoms with Gasteiger partial charge in [-0.1, -0.05) is 0 Å². The van der Waals surface area contributed by atoms with Crippen molar-refractivity contribution in [3.05, 3.63) is 54.1 Å². The van der Waals surface area contributed by atoms with Crippen LogP contribution in [0.15, 0.2) is 53.5 Å². The van der Waals surface area contributed by atoms with E-state index in [0.29, 0.717) is 5.56 Å². The van der Waals surface area contributed by atoms with E-state index in [1.807, 2.05) is 41.3 Å². The van der Waals surface area contributed by atoms with E-state index < -0.39 is 0 Å². The summed E-state index contributed by atoms with van der Waals surface area (Å²) in [6.45, 7) is 1.08. The highest BCUT2D eigenvalue weighted by molar-refractivity contribution is 8.93. The molecule has 0 unspecified atom stereocenters. The van der Waals surface area contributed by atoms with Gasteiger partial charge in [-0.3, -0.25) is 9.79 Å². The molecule has 0 atom stereocenters. The Hall–Kier alpha value is -2.34. The van der Waals surface area contributed by atoms with Crippen LogP contribution in [0.25, 0.3) is 0 Å². The third-order valence-corrected chi connectivity index (χ3v) is 4.51. The number of ketones is 1. The molecule has 0 N–H and O–H groups in total. The molecule has 0 saturated carbocycles. The van der Waals surface area contributed by atoms with Crippen LogP contribution in [0.2, 0.25) is 0 Å². The molecule has 0 aliphatic carbocycles. The highest BCUT2D eigenvalue weighted by Gasteiger charge is 2.20. The zero-order chi connectivity index (χ0) is 18.4. The molecule has 5 nitrogen and oxygen atoms in total. The molecule has 0 spiro atoms. The maximum absolute atomic E-state index is 12.8. The number of carbonyl (C=O) groups excluding carboxylic acids is 1. The summed E-state index contributed by atoms with van der Waals surface area (Å²) >= 11 is 0. The zero-order valence-electron chi connectivity index (χ0n) is 15.7. The Bertz CT molecular complexity index is 773. The number of amidine groups is 1. The fourth-order valence-electron chi connectivity index (χ4n) is 3.01. The topological polar surface area (TPSA) is 51.1 Å². The van der Waals surface area contributed by atoms with E-state index in [4.69, 9.17) is 9.47 Å². The van der Waals surface area contributed by atoms with Gasteiger partial charge in [0, 0.05) is 24.2 Å². The van der Waals surface area contributed by atoms with Crippen molar-refractivity contribution in [1.82, 2.24) is 0 Å². The van der Waals surface area contributed by atoms with Crippen LogP contribution in [0.5, 0.6) is 11.5 Å². The molecule has 6 heteroatoms. The van der Waals surface area contributed by atoms with Crippen molar-refractivity contribution in [2.45, 2.75) is 19.3 Å². The van der Waals surface area contributed by atoms with Crippen LogP contribution in [0, 0.1) is 0 Å². The number of halogens is 1. The molecule has 2 aromatic carbocycles. The van der Waals surface area contributed by atoms with Crippen molar-refractivity contribution in [3.63, 3.8) is 0 Å². The van der Waals surface area contributed by atoms with Crippen LogP contribution >= 0.6 is 17.0 Å². The van der Waals surface area contributed by atoms with Crippen molar-refractivity contribution in [2.24, 2.45) is 4.99 Å². The third-order valence-electron chi connectivity index (χ3n) is 4.51. The molecular formula is C21H25BrN2O3. The highest BCUT2D eigenvalue weighted by Crippen LogP contribution is 2.23. The summed E-state index contributed by atoms with van der Waals surface area (Å²) in [4.78, 5) is 19.5. The number of anilines is 1. The number of hydrogen-bond acceptors (Lipinski definition) is 5. The van der Waals surface area contributed by atoms with Gasteiger partial charge in [-0.2, -0.15) is 0 Å². The number of benzene rings is 2. The summed E-state index contributed by atoms with van der Waals surface area (Å²) in [7, 11) is 3.26. The van der Waals surface area contributed by atoms with E-state index in [0.717, 1.165) is 48.8 Å². The maximum atomic E-state index is 12.8. The second kappa shape index (κ2) is 10.1. The fraction of sp³-hybridized carbons (Fsp3) is 0.333. The van der Waals surface area contributed by atoms with Crippen LogP contribution in [0.1, 0.15) is 29.6 Å². The van der Waals surface area contributed by atoms with Crippen LogP contribution < -0.4 is 14.4 Å².